The number of nitrogens with zero attached hydrogens (tertiary/aromatic N) is 3. The number of carbonyl (C=O) groups is 2. The summed E-state index contributed by atoms with van der Waals surface area (Å²) < 4.78 is 1.94. The fraction of sp³-hybridized carbons (Fsp3) is 0.421. The first-order chi connectivity index (χ1) is 12.2. The first-order valence-corrected chi connectivity index (χ1v) is 8.99. The van der Waals surface area contributed by atoms with Gasteiger partial charge in [-0.2, -0.15) is 0 Å². The third-order valence-electron chi connectivity index (χ3n) is 4.95. The molecular formula is C19H22N4O2. The molecular weight excluding hydrogens is 316 g/mol. The first-order valence-electron chi connectivity index (χ1n) is 8.99. The van der Waals surface area contributed by atoms with Gasteiger partial charge in [-0.15, -0.1) is 0 Å². The van der Waals surface area contributed by atoms with Gasteiger partial charge in [0, 0.05) is 25.3 Å². The van der Waals surface area contributed by atoms with Crippen LogP contribution in [0.3, 0.4) is 0 Å². The van der Waals surface area contributed by atoms with Gasteiger partial charge in [-0.1, -0.05) is 18.2 Å². The van der Waals surface area contributed by atoms with Crippen molar-refractivity contribution in [1.29, 1.82) is 0 Å². The Kier molecular flexibility index (Phi) is 4.26. The SMILES string of the molecule is O=C(Nc1ccccc1)c1nc(C(=O)N2CCCC2)c2n1CCCC2. The van der Waals surface area contributed by atoms with Crippen LogP contribution < -0.4 is 5.32 Å². The second kappa shape index (κ2) is 6.70. The third-order valence-corrected chi connectivity index (χ3v) is 4.95. The van der Waals surface area contributed by atoms with E-state index in [9.17, 15) is 9.59 Å². The Bertz CT molecular complexity index is 791. The smallest absolute Gasteiger partial charge is 0.291 e. The van der Waals surface area contributed by atoms with Gasteiger partial charge in [-0.05, 0) is 44.2 Å². The van der Waals surface area contributed by atoms with E-state index in [4.69, 9.17) is 0 Å². The summed E-state index contributed by atoms with van der Waals surface area (Å²) in [5.74, 6) is 0.0674. The molecule has 1 aromatic carbocycles. The van der Waals surface area contributed by atoms with Crippen molar-refractivity contribution < 1.29 is 9.59 Å². The molecule has 0 atom stereocenters. The number of para-hydroxylation sites is 1. The summed E-state index contributed by atoms with van der Waals surface area (Å²) in [6, 6.07) is 9.33. The molecule has 2 aromatic rings. The van der Waals surface area contributed by atoms with E-state index >= 15 is 0 Å². The van der Waals surface area contributed by atoms with E-state index < -0.39 is 0 Å². The van der Waals surface area contributed by atoms with Crippen molar-refractivity contribution in [3.63, 3.8) is 0 Å². The maximum Gasteiger partial charge on any atom is 0.291 e. The molecule has 0 aliphatic carbocycles. The largest absolute Gasteiger partial charge is 0.337 e. The predicted octanol–water partition coefficient (Wildman–Crippen LogP) is 2.71. The number of imidazole rings is 1. The summed E-state index contributed by atoms with van der Waals surface area (Å²) in [5.41, 5.74) is 2.12. The molecule has 1 aromatic heterocycles. The van der Waals surface area contributed by atoms with Gasteiger partial charge in [-0.25, -0.2) is 4.98 Å². The maximum atomic E-state index is 12.8. The highest BCUT2D eigenvalue weighted by Crippen LogP contribution is 2.24. The van der Waals surface area contributed by atoms with E-state index in [0.29, 0.717) is 11.5 Å². The molecule has 6 heteroatoms. The molecule has 4 rings (SSSR count). The van der Waals surface area contributed by atoms with Crippen molar-refractivity contribution in [2.75, 3.05) is 18.4 Å². The third kappa shape index (κ3) is 3.04. The maximum absolute atomic E-state index is 12.8. The highest BCUT2D eigenvalue weighted by Gasteiger charge is 2.30. The lowest BCUT2D eigenvalue weighted by Gasteiger charge is -2.18. The van der Waals surface area contributed by atoms with E-state index in [-0.39, 0.29) is 11.8 Å². The van der Waals surface area contributed by atoms with Crippen LogP contribution in [0.25, 0.3) is 0 Å². The summed E-state index contributed by atoms with van der Waals surface area (Å²) in [6.07, 6.45) is 4.94. The lowest BCUT2D eigenvalue weighted by molar-refractivity contribution is 0.0786. The highest BCUT2D eigenvalue weighted by molar-refractivity contribution is 6.03. The van der Waals surface area contributed by atoms with Gasteiger partial charge in [0.1, 0.15) is 5.69 Å². The Labute approximate surface area is 146 Å². The number of aromatic nitrogens is 2. The molecule has 2 aliphatic heterocycles. The Hall–Kier alpha value is -2.63. The summed E-state index contributed by atoms with van der Waals surface area (Å²) in [4.78, 5) is 31.9. The molecule has 0 spiro atoms. The van der Waals surface area contributed by atoms with Gasteiger partial charge in [0.05, 0.1) is 5.69 Å². The fourth-order valence-corrected chi connectivity index (χ4v) is 3.67. The van der Waals surface area contributed by atoms with Gasteiger partial charge in [0.2, 0.25) is 0 Å². The minimum atomic E-state index is -0.255. The number of carbonyl (C=O) groups excluding carboxylic acids is 2. The van der Waals surface area contributed by atoms with E-state index in [1.165, 1.54) is 0 Å². The summed E-state index contributed by atoms with van der Waals surface area (Å²) in [5, 5.41) is 2.88. The van der Waals surface area contributed by atoms with Crippen molar-refractivity contribution in [3.05, 3.63) is 47.5 Å². The van der Waals surface area contributed by atoms with E-state index in [2.05, 4.69) is 10.3 Å². The second-order valence-electron chi connectivity index (χ2n) is 6.66. The number of amides is 2. The Morgan fingerprint density at radius 3 is 2.44 bits per heavy atom. The van der Waals surface area contributed by atoms with Crippen LogP contribution >= 0.6 is 0 Å². The van der Waals surface area contributed by atoms with Crippen molar-refractivity contribution in [1.82, 2.24) is 14.5 Å². The van der Waals surface area contributed by atoms with E-state index in [0.717, 1.165) is 63.1 Å². The normalized spacial score (nSPS) is 16.6. The fourth-order valence-electron chi connectivity index (χ4n) is 3.67. The number of benzene rings is 1. The van der Waals surface area contributed by atoms with Gasteiger partial charge in [-0.3, -0.25) is 9.59 Å². The summed E-state index contributed by atoms with van der Waals surface area (Å²) in [6.45, 7) is 2.32. The molecule has 2 amide bonds. The summed E-state index contributed by atoms with van der Waals surface area (Å²) in [7, 11) is 0. The molecule has 0 bridgehead atoms. The van der Waals surface area contributed by atoms with Crippen LogP contribution in [-0.2, 0) is 13.0 Å². The molecule has 3 heterocycles. The molecule has 0 radical (unpaired) electrons. The lowest BCUT2D eigenvalue weighted by atomic mass is 10.1. The van der Waals surface area contributed by atoms with E-state index in [1.807, 2.05) is 39.8 Å². The van der Waals surface area contributed by atoms with E-state index in [1.54, 1.807) is 0 Å². The van der Waals surface area contributed by atoms with Crippen LogP contribution in [-0.4, -0.2) is 39.4 Å². The number of hydrogen-bond donors (Lipinski definition) is 1. The molecule has 0 unspecified atom stereocenters. The lowest BCUT2D eigenvalue weighted by Crippen LogP contribution is -2.29. The number of rotatable bonds is 3. The zero-order valence-corrected chi connectivity index (χ0v) is 14.2. The molecule has 1 saturated heterocycles. The number of fused-ring (bicyclic) bond motifs is 1. The number of likely N-dealkylation sites (tertiary alicyclic amines) is 1. The van der Waals surface area contributed by atoms with Crippen molar-refractivity contribution >= 4 is 17.5 Å². The van der Waals surface area contributed by atoms with Crippen LogP contribution in [0.1, 0.15) is 52.5 Å². The van der Waals surface area contributed by atoms with Gasteiger partial charge < -0.3 is 14.8 Å². The number of anilines is 1. The molecule has 1 N–H and O–H groups in total. The topological polar surface area (TPSA) is 67.2 Å². The molecule has 2 aliphatic rings. The van der Waals surface area contributed by atoms with Crippen LogP contribution in [0.5, 0.6) is 0 Å². The zero-order chi connectivity index (χ0) is 17.2. The average Bonchev–Trinajstić information content (AvgIpc) is 3.30. The van der Waals surface area contributed by atoms with Crippen molar-refractivity contribution in [2.24, 2.45) is 0 Å². The van der Waals surface area contributed by atoms with Gasteiger partial charge in [0.15, 0.2) is 5.82 Å². The quantitative estimate of drug-likeness (QED) is 0.936. The Morgan fingerprint density at radius 1 is 0.960 bits per heavy atom. The van der Waals surface area contributed by atoms with Crippen LogP contribution in [0.15, 0.2) is 30.3 Å². The standard InChI is InChI=1S/C19H22N4O2/c24-18(20-14-8-2-1-3-9-14)17-21-16(15-10-4-5-13-23(15)17)19(25)22-11-6-7-12-22/h1-3,8-9H,4-7,10-13H2,(H,20,24). The van der Waals surface area contributed by atoms with Crippen LogP contribution in [0.4, 0.5) is 5.69 Å². The van der Waals surface area contributed by atoms with Crippen molar-refractivity contribution in [2.45, 2.75) is 38.6 Å². The van der Waals surface area contributed by atoms with Gasteiger partial charge >= 0.3 is 0 Å². The molecule has 25 heavy (non-hydrogen) atoms. The summed E-state index contributed by atoms with van der Waals surface area (Å²) >= 11 is 0. The molecule has 1 fully saturated rings. The molecule has 0 saturated carbocycles. The predicted molar refractivity (Wildman–Crippen MR) is 94.7 cm³/mol. The van der Waals surface area contributed by atoms with Crippen LogP contribution in [0.2, 0.25) is 0 Å². The molecule has 130 valence electrons. The molecule has 6 nitrogen and oxygen atoms in total. The van der Waals surface area contributed by atoms with Crippen molar-refractivity contribution in [3.8, 4) is 0 Å². The van der Waals surface area contributed by atoms with Gasteiger partial charge in [0.25, 0.3) is 11.8 Å². The van der Waals surface area contributed by atoms with Crippen LogP contribution in [0, 0.1) is 0 Å². The Morgan fingerprint density at radius 2 is 1.68 bits per heavy atom. The monoisotopic (exact) mass is 338 g/mol. The second-order valence-corrected chi connectivity index (χ2v) is 6.66. The number of nitrogens with one attached hydrogen (secondary N) is 1. The first kappa shape index (κ1) is 15.9. The average molecular weight is 338 g/mol. The highest BCUT2D eigenvalue weighted by atomic mass is 16.2. The minimum Gasteiger partial charge on any atom is -0.337 e. The minimum absolute atomic E-state index is 0.0260. The Balaban J connectivity index is 1.65. The zero-order valence-electron chi connectivity index (χ0n) is 14.2. The number of hydrogen-bond acceptors (Lipinski definition) is 3.